The van der Waals surface area contributed by atoms with E-state index in [0.717, 1.165) is 5.01 Å². The van der Waals surface area contributed by atoms with Crippen molar-refractivity contribution in [1.29, 1.82) is 0 Å². The summed E-state index contributed by atoms with van der Waals surface area (Å²) >= 11 is 1.22. The van der Waals surface area contributed by atoms with Crippen LogP contribution in [0.2, 0.25) is 0 Å². The fraction of sp³-hybridized carbons (Fsp3) is 0.231. The maximum absolute atomic E-state index is 12.4. The van der Waals surface area contributed by atoms with Crippen molar-refractivity contribution in [2.24, 2.45) is 0 Å². The number of fused-ring (bicyclic) bond motifs is 1. The first-order valence-electron chi connectivity index (χ1n) is 6.20. The lowest BCUT2D eigenvalue weighted by atomic mass is 10.0. The number of para-hydroxylation sites is 2. The summed E-state index contributed by atoms with van der Waals surface area (Å²) in [6, 6.07) is 6.94. The molecule has 8 heteroatoms. The van der Waals surface area contributed by atoms with Crippen molar-refractivity contribution in [3.05, 3.63) is 29.3 Å². The molecule has 0 bridgehead atoms. The number of aryl methyl sites for hydroxylation is 1. The van der Waals surface area contributed by atoms with Crippen LogP contribution >= 0.6 is 11.3 Å². The summed E-state index contributed by atoms with van der Waals surface area (Å²) in [4.78, 5) is 24.5. The summed E-state index contributed by atoms with van der Waals surface area (Å²) in [6.45, 7) is 3.19. The van der Waals surface area contributed by atoms with Crippen molar-refractivity contribution < 1.29 is 14.3 Å². The molecule has 1 aliphatic heterocycles. The molecule has 2 N–H and O–H groups in total. The lowest BCUT2D eigenvalue weighted by Crippen LogP contribution is -2.56. The Bertz CT molecular complexity index is 730. The second kappa shape index (κ2) is 4.81. The monoisotopic (exact) mass is 304 g/mol. The van der Waals surface area contributed by atoms with E-state index in [1.807, 2.05) is 0 Å². The van der Waals surface area contributed by atoms with Crippen LogP contribution in [0.15, 0.2) is 24.3 Å². The Morgan fingerprint density at radius 1 is 1.38 bits per heavy atom. The molecule has 2 amide bonds. The second-order valence-electron chi connectivity index (χ2n) is 4.67. The van der Waals surface area contributed by atoms with Crippen LogP contribution in [0.1, 0.15) is 11.9 Å². The topological polar surface area (TPSA) is 93.2 Å². The van der Waals surface area contributed by atoms with E-state index in [1.54, 1.807) is 31.2 Å². The molecule has 108 valence electrons. The molecule has 21 heavy (non-hydrogen) atoms. The van der Waals surface area contributed by atoms with E-state index in [1.165, 1.54) is 18.3 Å². The number of nitrogens with one attached hydrogen (secondary N) is 2. The van der Waals surface area contributed by atoms with E-state index in [9.17, 15) is 9.59 Å². The highest BCUT2D eigenvalue weighted by molar-refractivity contribution is 7.15. The van der Waals surface area contributed by atoms with E-state index in [4.69, 9.17) is 4.74 Å². The zero-order valence-corrected chi connectivity index (χ0v) is 12.2. The lowest BCUT2D eigenvalue weighted by Gasteiger charge is -2.32. The van der Waals surface area contributed by atoms with E-state index < -0.39 is 17.4 Å². The lowest BCUT2D eigenvalue weighted by molar-refractivity contribution is -0.143. The molecule has 7 nitrogen and oxygen atoms in total. The van der Waals surface area contributed by atoms with Gasteiger partial charge in [0.25, 0.3) is 17.4 Å². The molecule has 0 spiro atoms. The van der Waals surface area contributed by atoms with Gasteiger partial charge in [-0.1, -0.05) is 23.5 Å². The summed E-state index contributed by atoms with van der Waals surface area (Å²) in [5, 5.41) is 13.9. The van der Waals surface area contributed by atoms with Crippen LogP contribution in [0.5, 0.6) is 5.75 Å². The van der Waals surface area contributed by atoms with Gasteiger partial charge in [0.15, 0.2) is 0 Å². The number of amides is 2. The Kier molecular flexibility index (Phi) is 3.09. The van der Waals surface area contributed by atoms with Crippen molar-refractivity contribution in [3.8, 4) is 5.75 Å². The number of aromatic nitrogens is 2. The Balaban J connectivity index is 1.86. The third-order valence-electron chi connectivity index (χ3n) is 3.06. The fourth-order valence-electron chi connectivity index (χ4n) is 1.88. The van der Waals surface area contributed by atoms with E-state index in [2.05, 4.69) is 20.8 Å². The van der Waals surface area contributed by atoms with Gasteiger partial charge >= 0.3 is 0 Å². The second-order valence-corrected chi connectivity index (χ2v) is 5.85. The maximum Gasteiger partial charge on any atom is 0.280 e. The van der Waals surface area contributed by atoms with Gasteiger partial charge in [-0.05, 0) is 26.0 Å². The van der Waals surface area contributed by atoms with Crippen LogP contribution in [-0.2, 0) is 9.59 Å². The largest absolute Gasteiger partial charge is 0.466 e. The van der Waals surface area contributed by atoms with Gasteiger partial charge in [-0.2, -0.15) is 0 Å². The molecule has 1 aromatic heterocycles. The van der Waals surface area contributed by atoms with Gasteiger partial charge in [-0.15, -0.1) is 10.2 Å². The Labute approximate surface area is 124 Å². The summed E-state index contributed by atoms with van der Waals surface area (Å²) in [6.07, 6.45) is 0. The summed E-state index contributed by atoms with van der Waals surface area (Å²) in [7, 11) is 0. The first-order valence-corrected chi connectivity index (χ1v) is 7.02. The van der Waals surface area contributed by atoms with Gasteiger partial charge in [0.05, 0.1) is 5.69 Å². The number of carbonyl (C=O) groups is 2. The highest BCUT2D eigenvalue weighted by Gasteiger charge is 2.47. The predicted octanol–water partition coefficient (Wildman–Crippen LogP) is 1.57. The highest BCUT2D eigenvalue weighted by Crippen LogP contribution is 2.33. The third-order valence-corrected chi connectivity index (χ3v) is 3.82. The molecule has 0 saturated heterocycles. The molecule has 1 atom stereocenters. The molecule has 1 aromatic carbocycles. The standard InChI is InChI=1S/C13H12N4O3S/c1-7-16-17-12(21-7)15-11(19)13(2)10(18)14-8-5-3-4-6-9(8)20-13/h3-6H,1-2H3,(H,14,18)(H,15,17,19). The zero-order valence-electron chi connectivity index (χ0n) is 11.3. The van der Waals surface area contributed by atoms with Crippen LogP contribution in [-0.4, -0.2) is 27.6 Å². The molecule has 0 aliphatic carbocycles. The number of nitrogens with zero attached hydrogens (tertiary/aromatic N) is 2. The van der Waals surface area contributed by atoms with Crippen molar-refractivity contribution in [2.45, 2.75) is 19.4 Å². The van der Waals surface area contributed by atoms with E-state index >= 15 is 0 Å². The number of ether oxygens (including phenoxy) is 1. The molecule has 3 rings (SSSR count). The van der Waals surface area contributed by atoms with Crippen LogP contribution in [0.4, 0.5) is 10.8 Å². The molecule has 2 aromatic rings. The highest BCUT2D eigenvalue weighted by atomic mass is 32.1. The maximum atomic E-state index is 12.4. The SMILES string of the molecule is Cc1nnc(NC(=O)C2(C)Oc3ccccc3NC2=O)s1. The normalized spacial score (nSPS) is 20.2. The van der Waals surface area contributed by atoms with Crippen molar-refractivity contribution >= 4 is 34.0 Å². The Morgan fingerprint density at radius 3 is 2.86 bits per heavy atom. The van der Waals surface area contributed by atoms with Crippen LogP contribution < -0.4 is 15.4 Å². The third kappa shape index (κ3) is 2.33. The smallest absolute Gasteiger partial charge is 0.280 e. The van der Waals surface area contributed by atoms with Crippen molar-refractivity contribution in [1.82, 2.24) is 10.2 Å². The van der Waals surface area contributed by atoms with Crippen molar-refractivity contribution in [3.63, 3.8) is 0 Å². The number of hydrogen-bond acceptors (Lipinski definition) is 6. The van der Waals surface area contributed by atoms with Crippen LogP contribution in [0, 0.1) is 6.92 Å². The molecule has 2 heterocycles. The van der Waals surface area contributed by atoms with Gasteiger partial charge in [0.2, 0.25) is 5.13 Å². The average molecular weight is 304 g/mol. The number of anilines is 2. The Morgan fingerprint density at radius 2 is 2.14 bits per heavy atom. The van der Waals surface area contributed by atoms with Gasteiger partial charge in [-0.25, -0.2) is 0 Å². The molecular formula is C13H12N4O3S. The van der Waals surface area contributed by atoms with E-state index in [-0.39, 0.29) is 0 Å². The fourth-order valence-corrected chi connectivity index (χ4v) is 2.47. The molecule has 1 aliphatic rings. The molecule has 0 fully saturated rings. The molecule has 0 radical (unpaired) electrons. The van der Waals surface area contributed by atoms with Gasteiger partial charge in [-0.3, -0.25) is 14.9 Å². The number of rotatable bonds is 2. The average Bonchev–Trinajstić information content (AvgIpc) is 2.85. The minimum atomic E-state index is -1.66. The molecule has 0 saturated carbocycles. The zero-order chi connectivity index (χ0) is 15.0. The summed E-state index contributed by atoms with van der Waals surface area (Å²) in [5.41, 5.74) is -1.12. The van der Waals surface area contributed by atoms with Crippen molar-refractivity contribution in [2.75, 3.05) is 10.6 Å². The minimum absolute atomic E-state index is 0.328. The first kappa shape index (κ1) is 13.5. The summed E-state index contributed by atoms with van der Waals surface area (Å²) in [5.74, 6) is -0.672. The van der Waals surface area contributed by atoms with Crippen LogP contribution in [0.3, 0.4) is 0 Å². The molecule has 1 unspecified atom stereocenters. The minimum Gasteiger partial charge on any atom is -0.466 e. The number of benzene rings is 1. The number of carbonyl (C=O) groups excluding carboxylic acids is 2. The van der Waals surface area contributed by atoms with Gasteiger partial charge in [0.1, 0.15) is 10.8 Å². The summed E-state index contributed by atoms with van der Waals surface area (Å²) < 4.78 is 5.60. The van der Waals surface area contributed by atoms with Gasteiger partial charge in [0, 0.05) is 0 Å². The van der Waals surface area contributed by atoms with Crippen LogP contribution in [0.25, 0.3) is 0 Å². The first-order chi connectivity index (χ1) is 9.99. The Hall–Kier alpha value is -2.48. The quantitative estimate of drug-likeness (QED) is 0.822. The molecular weight excluding hydrogens is 292 g/mol. The number of hydrogen-bond donors (Lipinski definition) is 2. The van der Waals surface area contributed by atoms with E-state index in [0.29, 0.717) is 16.6 Å². The predicted molar refractivity (Wildman–Crippen MR) is 77.4 cm³/mol. The van der Waals surface area contributed by atoms with Gasteiger partial charge < -0.3 is 10.1 Å².